The second kappa shape index (κ2) is 5.65. The minimum absolute atomic E-state index is 0.273. The number of anilines is 1. The van der Waals surface area contributed by atoms with Crippen LogP contribution in [0.2, 0.25) is 0 Å². The lowest BCUT2D eigenvalue weighted by molar-refractivity contribution is -0.132. The molecule has 0 aliphatic rings. The molecule has 0 radical (unpaired) electrons. The van der Waals surface area contributed by atoms with E-state index in [9.17, 15) is 4.79 Å². The van der Waals surface area contributed by atoms with Crippen LogP contribution in [0.1, 0.15) is 12.5 Å². The summed E-state index contributed by atoms with van der Waals surface area (Å²) < 4.78 is 5.43. The van der Waals surface area contributed by atoms with Gasteiger partial charge in [0, 0.05) is 4.47 Å². The Morgan fingerprint density at radius 1 is 1.50 bits per heavy atom. The number of nitrogens with zero attached hydrogens (tertiary/aromatic N) is 1. The molecule has 0 aromatic heterocycles. The molecule has 5 heteroatoms. The summed E-state index contributed by atoms with van der Waals surface area (Å²) in [5.41, 5.74) is 5.01. The van der Waals surface area contributed by atoms with Gasteiger partial charge in [0.25, 0.3) is 0 Å². The van der Waals surface area contributed by atoms with Crippen LogP contribution in [0.15, 0.2) is 27.8 Å². The fourth-order valence-electron chi connectivity index (χ4n) is 1.05. The monoisotopic (exact) mass is 284 g/mol. The summed E-state index contributed by atoms with van der Waals surface area (Å²) in [6.45, 7) is 3.58. The second-order valence-electron chi connectivity index (χ2n) is 3.28. The molecule has 0 saturated heterocycles. The Balaban J connectivity index is 2.78. The van der Waals surface area contributed by atoms with Gasteiger partial charge in [-0.05, 0) is 47.5 Å². The first kappa shape index (κ1) is 12.7. The number of hydrogen-bond donors (Lipinski definition) is 1. The Hall–Kier alpha value is -1.36. The average molecular weight is 285 g/mol. The molecule has 16 heavy (non-hydrogen) atoms. The zero-order valence-electron chi connectivity index (χ0n) is 9.37. The lowest BCUT2D eigenvalue weighted by Crippen LogP contribution is -2.13. The molecule has 0 spiro atoms. The van der Waals surface area contributed by atoms with E-state index in [2.05, 4.69) is 31.2 Å². The van der Waals surface area contributed by atoms with Gasteiger partial charge in [-0.1, -0.05) is 6.07 Å². The van der Waals surface area contributed by atoms with Crippen LogP contribution in [0.3, 0.4) is 0 Å². The van der Waals surface area contributed by atoms with Crippen LogP contribution in [0.4, 0.5) is 5.69 Å². The molecule has 0 saturated carbocycles. The van der Waals surface area contributed by atoms with Crippen molar-refractivity contribution in [2.75, 3.05) is 12.5 Å². The maximum absolute atomic E-state index is 11.1. The number of methoxy groups -OCH3 is 1. The minimum atomic E-state index is -0.448. The normalized spacial score (nSPS) is 11.1. The van der Waals surface area contributed by atoms with Crippen LogP contribution in [-0.2, 0) is 9.53 Å². The highest BCUT2D eigenvalue weighted by Crippen LogP contribution is 2.23. The number of esters is 1. The largest absolute Gasteiger partial charge is 0.464 e. The van der Waals surface area contributed by atoms with Gasteiger partial charge in [-0.15, -0.1) is 0 Å². The quantitative estimate of drug-likeness (QED) is 0.528. The summed E-state index contributed by atoms with van der Waals surface area (Å²) in [5.74, 6) is -0.448. The van der Waals surface area contributed by atoms with Crippen LogP contribution in [0.5, 0.6) is 0 Å². The third-order valence-corrected chi connectivity index (χ3v) is 2.61. The van der Waals surface area contributed by atoms with E-state index in [1.807, 2.05) is 25.1 Å². The van der Waals surface area contributed by atoms with E-state index in [4.69, 9.17) is 0 Å². The molecule has 0 bridgehead atoms. The third-order valence-electron chi connectivity index (χ3n) is 1.95. The van der Waals surface area contributed by atoms with Gasteiger partial charge in [0.1, 0.15) is 5.71 Å². The molecule has 1 aromatic rings. The lowest BCUT2D eigenvalue weighted by Gasteiger charge is -2.05. The molecule has 86 valence electrons. The topological polar surface area (TPSA) is 50.7 Å². The first-order chi connectivity index (χ1) is 7.54. The SMILES string of the molecule is COC(=O)C(C)=NNc1ccc(C)cc1Br. The molecule has 0 atom stereocenters. The van der Waals surface area contributed by atoms with Crippen molar-refractivity contribution in [1.82, 2.24) is 0 Å². The van der Waals surface area contributed by atoms with Gasteiger partial charge in [-0.25, -0.2) is 4.79 Å². The van der Waals surface area contributed by atoms with Gasteiger partial charge < -0.3 is 4.74 Å². The lowest BCUT2D eigenvalue weighted by atomic mass is 10.2. The predicted molar refractivity (Wildman–Crippen MR) is 67.6 cm³/mol. The van der Waals surface area contributed by atoms with Gasteiger partial charge in [0.15, 0.2) is 0 Å². The zero-order valence-corrected chi connectivity index (χ0v) is 11.0. The second-order valence-corrected chi connectivity index (χ2v) is 4.14. The first-order valence-corrected chi connectivity index (χ1v) is 5.48. The zero-order chi connectivity index (χ0) is 12.1. The number of hydrazone groups is 1. The number of benzene rings is 1. The molecule has 0 aliphatic carbocycles. The summed E-state index contributed by atoms with van der Waals surface area (Å²) in [7, 11) is 1.32. The van der Waals surface area contributed by atoms with Gasteiger partial charge in [-0.2, -0.15) is 5.10 Å². The number of rotatable bonds is 3. The maximum Gasteiger partial charge on any atom is 0.353 e. The van der Waals surface area contributed by atoms with E-state index >= 15 is 0 Å². The standard InChI is InChI=1S/C11H13BrN2O2/c1-7-4-5-10(9(12)6-7)14-13-8(2)11(15)16-3/h4-6,14H,1-3H3. The van der Waals surface area contributed by atoms with E-state index in [-0.39, 0.29) is 5.71 Å². The number of ether oxygens (including phenoxy) is 1. The van der Waals surface area contributed by atoms with Crippen molar-refractivity contribution < 1.29 is 9.53 Å². The van der Waals surface area contributed by atoms with Crippen LogP contribution in [0.25, 0.3) is 0 Å². The van der Waals surface area contributed by atoms with Gasteiger partial charge in [0.2, 0.25) is 0 Å². The van der Waals surface area contributed by atoms with Crippen LogP contribution in [0, 0.1) is 6.92 Å². The van der Waals surface area contributed by atoms with Crippen molar-refractivity contribution in [3.05, 3.63) is 28.2 Å². The molecule has 1 aromatic carbocycles. The highest BCUT2D eigenvalue weighted by atomic mass is 79.9. The molecular formula is C11H13BrN2O2. The van der Waals surface area contributed by atoms with E-state index in [1.54, 1.807) is 6.92 Å². The molecule has 0 heterocycles. The van der Waals surface area contributed by atoms with E-state index in [1.165, 1.54) is 7.11 Å². The van der Waals surface area contributed by atoms with Gasteiger partial charge in [0.05, 0.1) is 12.8 Å². The fraction of sp³-hybridized carbons (Fsp3) is 0.273. The molecule has 1 rings (SSSR count). The summed E-state index contributed by atoms with van der Waals surface area (Å²) in [5, 5.41) is 3.92. The third kappa shape index (κ3) is 3.34. The molecule has 4 nitrogen and oxygen atoms in total. The van der Waals surface area contributed by atoms with Crippen LogP contribution >= 0.6 is 15.9 Å². The van der Waals surface area contributed by atoms with Gasteiger partial charge in [-0.3, -0.25) is 5.43 Å². The van der Waals surface area contributed by atoms with Crippen LogP contribution in [-0.4, -0.2) is 18.8 Å². The Labute approximate surface area is 103 Å². The van der Waals surface area contributed by atoms with Crippen molar-refractivity contribution >= 4 is 33.3 Å². The summed E-state index contributed by atoms with van der Waals surface area (Å²) in [4.78, 5) is 11.1. The Morgan fingerprint density at radius 3 is 2.75 bits per heavy atom. The summed E-state index contributed by atoms with van der Waals surface area (Å²) in [6.07, 6.45) is 0. The Kier molecular flexibility index (Phi) is 4.49. The van der Waals surface area contributed by atoms with Crippen molar-refractivity contribution in [2.45, 2.75) is 13.8 Å². The van der Waals surface area contributed by atoms with Crippen molar-refractivity contribution in [2.24, 2.45) is 5.10 Å². The minimum Gasteiger partial charge on any atom is -0.464 e. The number of halogens is 1. The average Bonchev–Trinajstić information content (AvgIpc) is 2.26. The summed E-state index contributed by atoms with van der Waals surface area (Å²) in [6, 6.07) is 5.80. The molecule has 1 N–H and O–H groups in total. The smallest absolute Gasteiger partial charge is 0.353 e. The Bertz CT molecular complexity index is 430. The van der Waals surface area contributed by atoms with Crippen molar-refractivity contribution in [1.29, 1.82) is 0 Å². The molecular weight excluding hydrogens is 272 g/mol. The number of carbonyl (C=O) groups is 1. The van der Waals surface area contributed by atoms with Crippen LogP contribution < -0.4 is 5.43 Å². The Morgan fingerprint density at radius 2 is 2.19 bits per heavy atom. The van der Waals surface area contributed by atoms with Crippen molar-refractivity contribution in [3.8, 4) is 0 Å². The predicted octanol–water partition coefficient (Wildman–Crippen LogP) is 2.72. The number of carbonyl (C=O) groups excluding carboxylic acids is 1. The molecule has 0 aliphatic heterocycles. The van der Waals surface area contributed by atoms with Gasteiger partial charge >= 0.3 is 5.97 Å². The number of nitrogens with one attached hydrogen (secondary N) is 1. The van der Waals surface area contributed by atoms with E-state index in [0.29, 0.717) is 0 Å². The number of hydrogen-bond acceptors (Lipinski definition) is 4. The highest BCUT2D eigenvalue weighted by Gasteiger charge is 2.05. The molecule has 0 unspecified atom stereocenters. The molecule has 0 fully saturated rings. The summed E-state index contributed by atoms with van der Waals surface area (Å²) >= 11 is 3.40. The maximum atomic E-state index is 11.1. The first-order valence-electron chi connectivity index (χ1n) is 4.69. The van der Waals surface area contributed by atoms with E-state index in [0.717, 1.165) is 15.7 Å². The molecule has 0 amide bonds. The highest BCUT2D eigenvalue weighted by molar-refractivity contribution is 9.10. The fourth-order valence-corrected chi connectivity index (χ4v) is 1.63. The van der Waals surface area contributed by atoms with Crippen molar-refractivity contribution in [3.63, 3.8) is 0 Å². The number of aryl methyl sites for hydroxylation is 1. The van der Waals surface area contributed by atoms with E-state index < -0.39 is 5.97 Å².